The highest BCUT2D eigenvalue weighted by Crippen LogP contribution is 2.16. The molecule has 0 aliphatic heterocycles. The van der Waals surface area contributed by atoms with Crippen molar-refractivity contribution in [3.63, 3.8) is 0 Å². The Hall–Kier alpha value is -3.07. The Balaban J connectivity index is 1.74. The fourth-order valence-corrected chi connectivity index (χ4v) is 3.50. The zero-order valence-electron chi connectivity index (χ0n) is 15.8. The molecular formula is C19H21N5O3S. The summed E-state index contributed by atoms with van der Waals surface area (Å²) in [6.07, 6.45) is -0.0514. The zero-order valence-corrected chi connectivity index (χ0v) is 16.6. The minimum Gasteiger partial charge on any atom is -0.344 e. The molecule has 0 spiro atoms. The number of aromatic nitrogens is 3. The van der Waals surface area contributed by atoms with Gasteiger partial charge < -0.3 is 10.6 Å². The van der Waals surface area contributed by atoms with Gasteiger partial charge in [0.1, 0.15) is 6.04 Å². The molecule has 0 aliphatic rings. The highest BCUT2D eigenvalue weighted by molar-refractivity contribution is 7.13. The van der Waals surface area contributed by atoms with Gasteiger partial charge in [-0.2, -0.15) is 5.10 Å². The molecule has 0 aliphatic carbocycles. The number of thiazole rings is 1. The van der Waals surface area contributed by atoms with Crippen molar-refractivity contribution in [1.82, 2.24) is 20.5 Å². The minimum atomic E-state index is -0.717. The van der Waals surface area contributed by atoms with Gasteiger partial charge >= 0.3 is 0 Å². The lowest BCUT2D eigenvalue weighted by molar-refractivity contribution is -0.127. The molecule has 0 bridgehead atoms. The van der Waals surface area contributed by atoms with Gasteiger partial charge in [-0.15, -0.1) is 11.3 Å². The number of carbonyl (C=O) groups excluding carboxylic acids is 2. The third-order valence-corrected chi connectivity index (χ3v) is 5.09. The summed E-state index contributed by atoms with van der Waals surface area (Å²) in [6.45, 7) is 5.55. The molecule has 2 aromatic heterocycles. The Bertz CT molecular complexity index is 1070. The van der Waals surface area contributed by atoms with Crippen LogP contribution in [-0.2, 0) is 16.0 Å². The topological polar surface area (TPSA) is 117 Å². The highest BCUT2D eigenvalue weighted by atomic mass is 32.1. The summed E-state index contributed by atoms with van der Waals surface area (Å²) in [7, 11) is 0. The summed E-state index contributed by atoms with van der Waals surface area (Å²) < 4.78 is 0. The summed E-state index contributed by atoms with van der Waals surface area (Å²) in [5.41, 5.74) is 0.963. The summed E-state index contributed by atoms with van der Waals surface area (Å²) in [4.78, 5) is 41.3. The maximum absolute atomic E-state index is 12.6. The van der Waals surface area contributed by atoms with Crippen molar-refractivity contribution in [3.05, 3.63) is 51.4 Å². The van der Waals surface area contributed by atoms with Crippen molar-refractivity contribution in [2.24, 2.45) is 5.92 Å². The predicted molar refractivity (Wildman–Crippen MR) is 108 cm³/mol. The highest BCUT2D eigenvalue weighted by Gasteiger charge is 2.25. The van der Waals surface area contributed by atoms with Crippen molar-refractivity contribution < 1.29 is 9.59 Å². The van der Waals surface area contributed by atoms with Gasteiger partial charge in [0.15, 0.2) is 5.13 Å². The Labute approximate surface area is 165 Å². The van der Waals surface area contributed by atoms with Crippen LogP contribution in [0.1, 0.15) is 25.2 Å². The first-order chi connectivity index (χ1) is 13.3. The van der Waals surface area contributed by atoms with E-state index in [1.807, 2.05) is 26.2 Å². The van der Waals surface area contributed by atoms with Crippen LogP contribution in [0.4, 0.5) is 5.13 Å². The van der Waals surface area contributed by atoms with Crippen LogP contribution < -0.4 is 16.2 Å². The van der Waals surface area contributed by atoms with E-state index in [4.69, 9.17) is 0 Å². The number of rotatable bonds is 6. The van der Waals surface area contributed by atoms with Crippen molar-refractivity contribution in [2.75, 3.05) is 5.32 Å². The summed E-state index contributed by atoms with van der Waals surface area (Å²) in [5.74, 6) is -0.795. The van der Waals surface area contributed by atoms with Crippen LogP contribution in [0.15, 0.2) is 34.4 Å². The fraction of sp³-hybridized carbons (Fsp3) is 0.316. The Morgan fingerprint density at radius 3 is 2.57 bits per heavy atom. The van der Waals surface area contributed by atoms with Crippen molar-refractivity contribution in [2.45, 2.75) is 33.2 Å². The first kappa shape index (κ1) is 19.7. The van der Waals surface area contributed by atoms with Crippen LogP contribution in [0.2, 0.25) is 0 Å². The SMILES string of the molecule is Cc1csc(NC(=O)C(NC(=O)Cc2n[nH]c(=O)c3ccccc23)C(C)C)n1. The van der Waals surface area contributed by atoms with Gasteiger partial charge in [-0.3, -0.25) is 14.4 Å². The molecule has 28 heavy (non-hydrogen) atoms. The normalized spacial score (nSPS) is 12.1. The molecule has 3 rings (SSSR count). The lowest BCUT2D eigenvalue weighted by atomic mass is 10.0. The largest absolute Gasteiger partial charge is 0.344 e. The van der Waals surface area contributed by atoms with E-state index in [0.717, 1.165) is 5.69 Å². The lowest BCUT2D eigenvalue weighted by Crippen LogP contribution is -2.47. The molecule has 0 saturated carbocycles. The summed E-state index contributed by atoms with van der Waals surface area (Å²) >= 11 is 1.33. The van der Waals surface area contributed by atoms with Gasteiger partial charge in [0.05, 0.1) is 23.2 Å². The first-order valence-electron chi connectivity index (χ1n) is 8.84. The average Bonchev–Trinajstić information content (AvgIpc) is 3.06. The van der Waals surface area contributed by atoms with Crippen LogP contribution in [-0.4, -0.2) is 33.0 Å². The number of nitrogens with zero attached hydrogens (tertiary/aromatic N) is 2. The van der Waals surface area contributed by atoms with Gasteiger partial charge in [-0.25, -0.2) is 10.1 Å². The van der Waals surface area contributed by atoms with Crippen molar-refractivity contribution >= 4 is 39.1 Å². The number of anilines is 1. The van der Waals surface area contributed by atoms with Gasteiger partial charge in [0.2, 0.25) is 11.8 Å². The van der Waals surface area contributed by atoms with E-state index in [2.05, 4.69) is 25.8 Å². The standard InChI is InChI=1S/C19H21N5O3S/c1-10(2)16(18(27)22-19-20-11(3)9-28-19)21-15(25)8-14-12-6-4-5-7-13(12)17(26)24-23-14/h4-7,9-10,16H,8H2,1-3H3,(H,21,25)(H,24,26)(H,20,22,27). The smallest absolute Gasteiger partial charge is 0.272 e. The maximum atomic E-state index is 12.6. The second-order valence-corrected chi connectivity index (χ2v) is 7.65. The number of aryl methyl sites for hydroxylation is 1. The number of amides is 2. The van der Waals surface area contributed by atoms with Crippen LogP contribution in [0.5, 0.6) is 0 Å². The molecule has 1 atom stereocenters. The third kappa shape index (κ3) is 4.42. The number of benzene rings is 1. The van der Waals surface area contributed by atoms with E-state index in [9.17, 15) is 14.4 Å². The van der Waals surface area contributed by atoms with Crippen LogP contribution in [0, 0.1) is 12.8 Å². The lowest BCUT2D eigenvalue weighted by Gasteiger charge is -2.21. The number of fused-ring (bicyclic) bond motifs is 1. The van der Waals surface area contributed by atoms with Crippen molar-refractivity contribution in [1.29, 1.82) is 0 Å². The molecular weight excluding hydrogens is 378 g/mol. The van der Waals surface area contributed by atoms with Crippen LogP contribution in [0.25, 0.3) is 10.8 Å². The molecule has 146 valence electrons. The van der Waals surface area contributed by atoms with E-state index in [-0.39, 0.29) is 29.7 Å². The van der Waals surface area contributed by atoms with Gasteiger partial charge in [-0.05, 0) is 18.9 Å². The van der Waals surface area contributed by atoms with Crippen LogP contribution >= 0.6 is 11.3 Å². The molecule has 2 heterocycles. The summed E-state index contributed by atoms with van der Waals surface area (Å²) in [5, 5.41) is 15.3. The molecule has 9 heteroatoms. The third-order valence-electron chi connectivity index (χ3n) is 4.22. The minimum absolute atomic E-state index is 0.0514. The monoisotopic (exact) mass is 399 g/mol. The van der Waals surface area contributed by atoms with Crippen LogP contribution in [0.3, 0.4) is 0 Å². The molecule has 1 aromatic carbocycles. The second-order valence-electron chi connectivity index (χ2n) is 6.79. The quantitative estimate of drug-likeness (QED) is 0.586. The van der Waals surface area contributed by atoms with E-state index in [0.29, 0.717) is 21.6 Å². The number of nitrogens with one attached hydrogen (secondary N) is 3. The van der Waals surface area contributed by atoms with Crippen molar-refractivity contribution in [3.8, 4) is 0 Å². The second kappa shape index (κ2) is 8.30. The molecule has 3 N–H and O–H groups in total. The van der Waals surface area contributed by atoms with Gasteiger partial charge in [-0.1, -0.05) is 32.0 Å². The average molecular weight is 399 g/mol. The van der Waals surface area contributed by atoms with E-state index >= 15 is 0 Å². The molecule has 2 amide bonds. The molecule has 3 aromatic rings. The molecule has 1 unspecified atom stereocenters. The zero-order chi connectivity index (χ0) is 20.3. The number of hydrogen-bond donors (Lipinski definition) is 3. The number of carbonyl (C=O) groups is 2. The molecule has 0 fully saturated rings. The first-order valence-corrected chi connectivity index (χ1v) is 9.71. The van der Waals surface area contributed by atoms with Gasteiger partial charge in [0, 0.05) is 10.8 Å². The maximum Gasteiger partial charge on any atom is 0.272 e. The molecule has 0 radical (unpaired) electrons. The van der Waals surface area contributed by atoms with Gasteiger partial charge in [0.25, 0.3) is 5.56 Å². The summed E-state index contributed by atoms with van der Waals surface area (Å²) in [6, 6.07) is 6.24. The molecule has 8 nitrogen and oxygen atoms in total. The number of hydrogen-bond acceptors (Lipinski definition) is 6. The van der Waals surface area contributed by atoms with E-state index < -0.39 is 6.04 Å². The van der Waals surface area contributed by atoms with E-state index in [1.165, 1.54) is 11.3 Å². The Morgan fingerprint density at radius 1 is 1.21 bits per heavy atom. The molecule has 0 saturated heterocycles. The number of H-pyrrole nitrogens is 1. The van der Waals surface area contributed by atoms with E-state index in [1.54, 1.807) is 24.3 Å². The Morgan fingerprint density at radius 2 is 1.93 bits per heavy atom. The fourth-order valence-electron chi connectivity index (χ4n) is 2.81. The Kier molecular flexibility index (Phi) is 5.84. The number of aromatic amines is 1. The predicted octanol–water partition coefficient (Wildman–Crippen LogP) is 2.01.